The van der Waals surface area contributed by atoms with Gasteiger partial charge in [-0.05, 0) is 39.8 Å². The third kappa shape index (κ3) is 7.45. The van der Waals surface area contributed by atoms with Crippen molar-refractivity contribution in [3.63, 3.8) is 0 Å². The highest BCUT2D eigenvalue weighted by molar-refractivity contribution is 5.95. The van der Waals surface area contributed by atoms with Gasteiger partial charge in [0, 0.05) is 6.54 Å². The molecule has 0 aliphatic heterocycles. The number of hydrogen-bond acceptors (Lipinski definition) is 5. The summed E-state index contributed by atoms with van der Waals surface area (Å²) in [4.78, 5) is 35.0. The molecule has 0 fully saturated rings. The number of carbonyl (C=O) groups excluding carboxylic acids is 3. The first kappa shape index (κ1) is 21.3. The van der Waals surface area contributed by atoms with Crippen molar-refractivity contribution in [1.29, 1.82) is 0 Å². The first-order chi connectivity index (χ1) is 12.0. The van der Waals surface area contributed by atoms with E-state index in [2.05, 4.69) is 5.32 Å². The van der Waals surface area contributed by atoms with Crippen LogP contribution in [0.3, 0.4) is 0 Å². The molecule has 0 aliphatic rings. The Morgan fingerprint density at radius 2 is 1.73 bits per heavy atom. The molecule has 2 N–H and O–H groups in total. The molecular formula is C17H22F2N2O5. The summed E-state index contributed by atoms with van der Waals surface area (Å²) >= 11 is 0. The van der Waals surface area contributed by atoms with Crippen LogP contribution in [0.4, 0.5) is 19.3 Å². The van der Waals surface area contributed by atoms with Gasteiger partial charge in [0.25, 0.3) is 5.91 Å². The van der Waals surface area contributed by atoms with E-state index in [1.165, 1.54) is 6.92 Å². The molecule has 1 unspecified atom stereocenters. The minimum atomic E-state index is -1.27. The number of amides is 2. The zero-order chi connectivity index (χ0) is 19.9. The first-order valence-electron chi connectivity index (χ1n) is 7.91. The van der Waals surface area contributed by atoms with Gasteiger partial charge in [0.15, 0.2) is 6.10 Å². The molecule has 9 heteroatoms. The molecule has 0 saturated carbocycles. The number of carbonyl (C=O) groups is 3. The van der Waals surface area contributed by atoms with Crippen LogP contribution in [0.5, 0.6) is 0 Å². The predicted octanol–water partition coefficient (Wildman–Crippen LogP) is 2.75. The lowest BCUT2D eigenvalue weighted by atomic mass is 10.2. The topological polar surface area (TPSA) is 93.7 Å². The molecule has 1 rings (SSSR count). The highest BCUT2D eigenvalue weighted by Gasteiger charge is 2.21. The Morgan fingerprint density at radius 3 is 2.27 bits per heavy atom. The molecule has 2 amide bonds. The van der Waals surface area contributed by atoms with E-state index in [0.29, 0.717) is 0 Å². The average Bonchev–Trinajstić information content (AvgIpc) is 2.48. The Balaban J connectivity index is 2.42. The molecule has 1 aromatic carbocycles. The fourth-order valence-corrected chi connectivity index (χ4v) is 1.73. The van der Waals surface area contributed by atoms with E-state index < -0.39 is 47.0 Å². The molecule has 1 aromatic rings. The van der Waals surface area contributed by atoms with Crippen LogP contribution >= 0.6 is 0 Å². The van der Waals surface area contributed by atoms with E-state index in [0.717, 1.165) is 18.2 Å². The maximum absolute atomic E-state index is 13.5. The Kier molecular flexibility index (Phi) is 7.48. The molecular weight excluding hydrogens is 350 g/mol. The zero-order valence-corrected chi connectivity index (χ0v) is 15.0. The van der Waals surface area contributed by atoms with Gasteiger partial charge < -0.3 is 20.1 Å². The molecule has 0 bridgehead atoms. The number of halogens is 2. The van der Waals surface area contributed by atoms with Crippen LogP contribution in [0.2, 0.25) is 0 Å². The molecule has 144 valence electrons. The summed E-state index contributed by atoms with van der Waals surface area (Å²) in [5.74, 6) is -3.54. The van der Waals surface area contributed by atoms with Crippen molar-refractivity contribution in [2.45, 2.75) is 45.8 Å². The number of ether oxygens (including phenoxy) is 2. The van der Waals surface area contributed by atoms with E-state index >= 15 is 0 Å². The normalized spacial score (nSPS) is 12.1. The minimum Gasteiger partial charge on any atom is -0.452 e. The number of rotatable bonds is 6. The van der Waals surface area contributed by atoms with Crippen LogP contribution in [-0.4, -0.2) is 36.2 Å². The number of nitrogens with one attached hydrogen (secondary N) is 2. The molecule has 0 radical (unpaired) electrons. The number of alkyl carbamates (subject to hydrolysis) is 1. The largest absolute Gasteiger partial charge is 0.452 e. The lowest BCUT2D eigenvalue weighted by Gasteiger charge is -2.19. The number of hydrogen-bond donors (Lipinski definition) is 2. The lowest BCUT2D eigenvalue weighted by Crippen LogP contribution is -2.35. The van der Waals surface area contributed by atoms with Crippen molar-refractivity contribution in [3.8, 4) is 0 Å². The minimum absolute atomic E-state index is 0.0516. The van der Waals surface area contributed by atoms with Gasteiger partial charge in [0.05, 0.1) is 6.42 Å². The average molecular weight is 372 g/mol. The molecule has 26 heavy (non-hydrogen) atoms. The second-order valence-electron chi connectivity index (χ2n) is 6.40. The van der Waals surface area contributed by atoms with Gasteiger partial charge in [0.1, 0.15) is 22.9 Å². The van der Waals surface area contributed by atoms with Crippen LogP contribution in [-0.2, 0) is 19.1 Å². The summed E-state index contributed by atoms with van der Waals surface area (Å²) < 4.78 is 36.8. The van der Waals surface area contributed by atoms with Crippen LogP contribution in [0.25, 0.3) is 0 Å². The van der Waals surface area contributed by atoms with Crippen LogP contribution < -0.4 is 10.6 Å². The lowest BCUT2D eigenvalue weighted by molar-refractivity contribution is -0.153. The molecule has 0 saturated heterocycles. The highest BCUT2D eigenvalue weighted by atomic mass is 19.1. The van der Waals surface area contributed by atoms with Crippen molar-refractivity contribution < 1.29 is 32.6 Å². The predicted molar refractivity (Wildman–Crippen MR) is 89.4 cm³/mol. The zero-order valence-electron chi connectivity index (χ0n) is 15.0. The molecule has 1 atom stereocenters. The number of para-hydroxylation sites is 1. The van der Waals surface area contributed by atoms with Crippen LogP contribution in [0, 0.1) is 11.6 Å². The Labute approximate surface area is 150 Å². The maximum Gasteiger partial charge on any atom is 0.407 e. The smallest absolute Gasteiger partial charge is 0.407 e. The third-order valence-electron chi connectivity index (χ3n) is 2.89. The van der Waals surface area contributed by atoms with E-state index in [9.17, 15) is 23.2 Å². The Morgan fingerprint density at radius 1 is 1.15 bits per heavy atom. The Hall–Kier alpha value is -2.71. The summed E-state index contributed by atoms with van der Waals surface area (Å²) in [7, 11) is 0. The van der Waals surface area contributed by atoms with Crippen molar-refractivity contribution in [1.82, 2.24) is 5.32 Å². The summed E-state index contributed by atoms with van der Waals surface area (Å²) in [6, 6.07) is 3.12. The van der Waals surface area contributed by atoms with Gasteiger partial charge in [0.2, 0.25) is 0 Å². The van der Waals surface area contributed by atoms with E-state index in [1.807, 2.05) is 5.32 Å². The van der Waals surface area contributed by atoms with Crippen LogP contribution in [0.1, 0.15) is 34.1 Å². The Bertz CT molecular complexity index is 653. The van der Waals surface area contributed by atoms with Gasteiger partial charge in [-0.25, -0.2) is 13.6 Å². The third-order valence-corrected chi connectivity index (χ3v) is 2.89. The highest BCUT2D eigenvalue weighted by Crippen LogP contribution is 2.18. The molecule has 0 aliphatic carbocycles. The van der Waals surface area contributed by atoms with Gasteiger partial charge >= 0.3 is 12.1 Å². The van der Waals surface area contributed by atoms with Gasteiger partial charge in [-0.2, -0.15) is 0 Å². The van der Waals surface area contributed by atoms with E-state index in [-0.39, 0.29) is 13.0 Å². The first-order valence-corrected chi connectivity index (χ1v) is 7.91. The van der Waals surface area contributed by atoms with Crippen molar-refractivity contribution in [2.75, 3.05) is 11.9 Å². The van der Waals surface area contributed by atoms with Crippen molar-refractivity contribution in [2.24, 2.45) is 0 Å². The standard InChI is InChI=1S/C17H22F2N2O5/c1-10(15(23)21-14-11(18)6-5-7-12(14)19)25-13(22)8-9-20-16(24)26-17(2,3)4/h5-7,10H,8-9H2,1-4H3,(H,20,24)(H,21,23). The summed E-state index contributed by atoms with van der Waals surface area (Å²) in [5, 5.41) is 4.39. The number of benzene rings is 1. The molecule has 7 nitrogen and oxygen atoms in total. The second-order valence-corrected chi connectivity index (χ2v) is 6.40. The number of esters is 1. The van der Waals surface area contributed by atoms with E-state index in [1.54, 1.807) is 20.8 Å². The van der Waals surface area contributed by atoms with Gasteiger partial charge in [-0.15, -0.1) is 0 Å². The molecule has 0 aromatic heterocycles. The maximum atomic E-state index is 13.5. The van der Waals surface area contributed by atoms with Gasteiger partial charge in [-0.3, -0.25) is 9.59 Å². The van der Waals surface area contributed by atoms with Crippen molar-refractivity contribution in [3.05, 3.63) is 29.8 Å². The van der Waals surface area contributed by atoms with Gasteiger partial charge in [-0.1, -0.05) is 6.07 Å². The molecule has 0 spiro atoms. The summed E-state index contributed by atoms with van der Waals surface area (Å²) in [5.41, 5.74) is -1.29. The second kappa shape index (κ2) is 9.12. The quantitative estimate of drug-likeness (QED) is 0.749. The SMILES string of the molecule is CC(OC(=O)CCNC(=O)OC(C)(C)C)C(=O)Nc1c(F)cccc1F. The molecule has 0 heterocycles. The summed E-state index contributed by atoms with van der Waals surface area (Å²) in [6.07, 6.45) is -2.17. The summed E-state index contributed by atoms with van der Waals surface area (Å²) in [6.45, 7) is 6.29. The number of anilines is 1. The van der Waals surface area contributed by atoms with E-state index in [4.69, 9.17) is 9.47 Å². The fraction of sp³-hybridized carbons (Fsp3) is 0.471. The van der Waals surface area contributed by atoms with Crippen LogP contribution in [0.15, 0.2) is 18.2 Å². The van der Waals surface area contributed by atoms with Crippen molar-refractivity contribution >= 4 is 23.7 Å². The monoisotopic (exact) mass is 372 g/mol. The fourth-order valence-electron chi connectivity index (χ4n) is 1.73.